The van der Waals surface area contributed by atoms with E-state index in [9.17, 15) is 0 Å². The summed E-state index contributed by atoms with van der Waals surface area (Å²) in [6.45, 7) is 12.1. The molecule has 2 nitrogen and oxygen atoms in total. The molecule has 2 unspecified atom stereocenters. The largest absolute Gasteiger partial charge is 0.459 e. The second kappa shape index (κ2) is 6.45. The zero-order valence-corrected chi connectivity index (χ0v) is 13.4. The number of furan rings is 1. The van der Waals surface area contributed by atoms with Gasteiger partial charge in [-0.2, -0.15) is 0 Å². The minimum absolute atomic E-state index is 0.273. The van der Waals surface area contributed by atoms with Gasteiger partial charge in [-0.05, 0) is 62.4 Å². The van der Waals surface area contributed by atoms with Gasteiger partial charge in [0.15, 0.2) is 0 Å². The molecule has 2 aromatic rings. The molecule has 1 N–H and O–H groups in total. The van der Waals surface area contributed by atoms with Crippen molar-refractivity contribution in [2.24, 2.45) is 0 Å². The number of benzene rings is 1. The second-order valence-electron chi connectivity index (χ2n) is 5.83. The Labute approximate surface area is 122 Å². The average molecular weight is 273 g/mol. The highest BCUT2D eigenvalue weighted by Crippen LogP contribution is 2.32. The van der Waals surface area contributed by atoms with Crippen LogP contribution in [0.5, 0.6) is 0 Å². The zero-order chi connectivity index (χ0) is 14.7. The van der Waals surface area contributed by atoms with E-state index in [0.717, 1.165) is 24.3 Å². The normalized spacial score (nSPS) is 14.7. The number of nitrogens with one attached hydrogen (secondary N) is 1. The van der Waals surface area contributed by atoms with Crippen molar-refractivity contribution in [1.29, 1.82) is 0 Å². The third-order valence-corrected chi connectivity index (χ3v) is 4.27. The molecule has 0 aliphatic rings. The molecule has 0 aliphatic carbocycles. The summed E-state index contributed by atoms with van der Waals surface area (Å²) in [4.78, 5) is 0. The maximum Gasteiger partial charge on any atom is 0.134 e. The van der Waals surface area contributed by atoms with Gasteiger partial charge in [0, 0.05) is 5.39 Å². The highest BCUT2D eigenvalue weighted by molar-refractivity contribution is 5.83. The Morgan fingerprint density at radius 3 is 2.60 bits per heavy atom. The van der Waals surface area contributed by atoms with Crippen LogP contribution >= 0.6 is 0 Å². The van der Waals surface area contributed by atoms with Crippen LogP contribution in [0.4, 0.5) is 0 Å². The van der Waals surface area contributed by atoms with Crippen LogP contribution in [0.2, 0.25) is 0 Å². The van der Waals surface area contributed by atoms with Gasteiger partial charge >= 0.3 is 0 Å². The van der Waals surface area contributed by atoms with Gasteiger partial charge in [-0.15, -0.1) is 0 Å². The third kappa shape index (κ3) is 2.90. The Morgan fingerprint density at radius 1 is 1.20 bits per heavy atom. The molecule has 1 heterocycles. The predicted molar refractivity (Wildman–Crippen MR) is 86.4 cm³/mol. The first-order valence-corrected chi connectivity index (χ1v) is 7.84. The van der Waals surface area contributed by atoms with Crippen LogP contribution in [0.1, 0.15) is 69.4 Å². The number of hydrogen-bond donors (Lipinski definition) is 1. The first kappa shape index (κ1) is 15.1. The lowest BCUT2D eigenvalue weighted by Gasteiger charge is -2.11. The fraction of sp³-hybridized carbons (Fsp3) is 0.556. The van der Waals surface area contributed by atoms with Crippen molar-refractivity contribution in [2.45, 2.75) is 59.4 Å². The first-order chi connectivity index (χ1) is 9.58. The molecule has 1 aromatic heterocycles. The van der Waals surface area contributed by atoms with Crippen LogP contribution in [-0.4, -0.2) is 6.54 Å². The third-order valence-electron chi connectivity index (χ3n) is 4.27. The molecule has 1 aromatic carbocycles. The van der Waals surface area contributed by atoms with Gasteiger partial charge in [0.2, 0.25) is 0 Å². The molecule has 2 heteroatoms. The monoisotopic (exact) mass is 273 g/mol. The molecule has 0 spiro atoms. The van der Waals surface area contributed by atoms with Crippen molar-refractivity contribution in [3.8, 4) is 0 Å². The van der Waals surface area contributed by atoms with E-state index in [1.807, 2.05) is 0 Å². The van der Waals surface area contributed by atoms with Crippen molar-refractivity contribution in [3.63, 3.8) is 0 Å². The van der Waals surface area contributed by atoms with Gasteiger partial charge in [0.25, 0.3) is 0 Å². The summed E-state index contributed by atoms with van der Waals surface area (Å²) >= 11 is 0. The Morgan fingerprint density at radius 2 is 1.95 bits per heavy atom. The van der Waals surface area contributed by atoms with Crippen molar-refractivity contribution in [2.75, 3.05) is 6.54 Å². The molecular weight excluding hydrogens is 246 g/mol. The molecule has 0 amide bonds. The van der Waals surface area contributed by atoms with E-state index in [0.29, 0.717) is 5.92 Å². The lowest BCUT2D eigenvalue weighted by Crippen LogP contribution is -2.19. The van der Waals surface area contributed by atoms with E-state index in [2.05, 4.69) is 58.1 Å². The molecule has 0 fully saturated rings. The molecule has 0 saturated heterocycles. The minimum Gasteiger partial charge on any atom is -0.459 e. The van der Waals surface area contributed by atoms with Crippen molar-refractivity contribution >= 4 is 11.0 Å². The van der Waals surface area contributed by atoms with Crippen molar-refractivity contribution in [3.05, 3.63) is 35.1 Å². The number of fused-ring (bicyclic) bond motifs is 1. The first-order valence-electron chi connectivity index (χ1n) is 7.84. The Kier molecular flexibility index (Phi) is 4.87. The summed E-state index contributed by atoms with van der Waals surface area (Å²) < 4.78 is 6.06. The maximum atomic E-state index is 6.06. The van der Waals surface area contributed by atoms with Crippen molar-refractivity contribution in [1.82, 2.24) is 5.32 Å². The lowest BCUT2D eigenvalue weighted by atomic mass is 9.96. The van der Waals surface area contributed by atoms with Crippen LogP contribution < -0.4 is 5.32 Å². The van der Waals surface area contributed by atoms with Gasteiger partial charge < -0.3 is 9.73 Å². The molecule has 20 heavy (non-hydrogen) atoms. The fourth-order valence-corrected chi connectivity index (χ4v) is 2.67. The second-order valence-corrected chi connectivity index (χ2v) is 5.83. The molecule has 0 aliphatic heterocycles. The quantitative estimate of drug-likeness (QED) is 0.771. The topological polar surface area (TPSA) is 25.2 Å². The summed E-state index contributed by atoms with van der Waals surface area (Å²) in [6, 6.07) is 6.90. The molecule has 0 bridgehead atoms. The smallest absolute Gasteiger partial charge is 0.134 e. The molecule has 0 radical (unpaired) electrons. The van der Waals surface area contributed by atoms with Gasteiger partial charge in [0.1, 0.15) is 11.3 Å². The van der Waals surface area contributed by atoms with Crippen LogP contribution in [0.25, 0.3) is 11.0 Å². The summed E-state index contributed by atoms with van der Waals surface area (Å²) in [5, 5.41) is 4.77. The average Bonchev–Trinajstić information content (AvgIpc) is 2.80. The van der Waals surface area contributed by atoms with Crippen LogP contribution in [0.3, 0.4) is 0 Å². The molecule has 0 saturated carbocycles. The maximum absolute atomic E-state index is 6.06. The SMILES string of the molecule is CCCNC(C)c1oc2ccc(C(C)CC)cc2c1C. The van der Waals surface area contributed by atoms with E-state index in [1.165, 1.54) is 22.9 Å². The highest BCUT2D eigenvalue weighted by Gasteiger charge is 2.17. The summed E-state index contributed by atoms with van der Waals surface area (Å²) in [6.07, 6.45) is 2.31. The fourth-order valence-electron chi connectivity index (χ4n) is 2.67. The standard InChI is InChI=1S/C18H27NO/c1-6-10-19-14(5)18-13(4)16-11-15(12(3)7-2)8-9-17(16)20-18/h8-9,11-12,14,19H,6-7,10H2,1-5H3. The van der Waals surface area contributed by atoms with E-state index in [1.54, 1.807) is 0 Å². The number of hydrogen-bond acceptors (Lipinski definition) is 2. The Balaban J connectivity index is 2.37. The van der Waals surface area contributed by atoms with E-state index < -0.39 is 0 Å². The van der Waals surface area contributed by atoms with E-state index in [-0.39, 0.29) is 6.04 Å². The van der Waals surface area contributed by atoms with Gasteiger partial charge in [0.05, 0.1) is 6.04 Å². The van der Waals surface area contributed by atoms with Crippen LogP contribution in [0, 0.1) is 6.92 Å². The van der Waals surface area contributed by atoms with E-state index >= 15 is 0 Å². The van der Waals surface area contributed by atoms with Crippen molar-refractivity contribution < 1.29 is 4.42 Å². The van der Waals surface area contributed by atoms with Gasteiger partial charge in [-0.3, -0.25) is 0 Å². The number of rotatable bonds is 6. The lowest BCUT2D eigenvalue weighted by molar-refractivity contribution is 0.448. The summed E-state index contributed by atoms with van der Waals surface area (Å²) in [5.74, 6) is 1.68. The minimum atomic E-state index is 0.273. The summed E-state index contributed by atoms with van der Waals surface area (Å²) in [5.41, 5.74) is 3.69. The van der Waals surface area contributed by atoms with Gasteiger partial charge in [-0.25, -0.2) is 0 Å². The highest BCUT2D eigenvalue weighted by atomic mass is 16.3. The molecule has 2 rings (SSSR count). The molecule has 110 valence electrons. The van der Waals surface area contributed by atoms with E-state index in [4.69, 9.17) is 4.42 Å². The number of aryl methyl sites for hydroxylation is 1. The Bertz CT molecular complexity index is 570. The zero-order valence-electron chi connectivity index (χ0n) is 13.4. The van der Waals surface area contributed by atoms with Gasteiger partial charge in [-0.1, -0.05) is 26.8 Å². The van der Waals surface area contributed by atoms with Crippen LogP contribution in [0.15, 0.2) is 22.6 Å². The summed E-state index contributed by atoms with van der Waals surface area (Å²) in [7, 11) is 0. The predicted octanol–water partition coefficient (Wildman–Crippen LogP) is 5.32. The Hall–Kier alpha value is -1.28. The molecular formula is C18H27NO. The van der Waals surface area contributed by atoms with Crippen LogP contribution in [-0.2, 0) is 0 Å². The molecule has 2 atom stereocenters.